The maximum atomic E-state index is 12.7. The molecule has 0 unspecified atom stereocenters. The Balaban J connectivity index is 1.94. The third-order valence-electron chi connectivity index (χ3n) is 4.13. The number of carbonyl (C=O) groups is 1. The van der Waals surface area contributed by atoms with Gasteiger partial charge in [0.15, 0.2) is 5.58 Å². The van der Waals surface area contributed by atoms with Crippen molar-refractivity contribution in [2.75, 3.05) is 18.4 Å². The summed E-state index contributed by atoms with van der Waals surface area (Å²) in [4.78, 5) is 26.7. The number of fused-ring (bicyclic) bond motifs is 2. The van der Waals surface area contributed by atoms with Crippen molar-refractivity contribution in [2.24, 2.45) is 5.73 Å². The van der Waals surface area contributed by atoms with Crippen molar-refractivity contribution in [3.8, 4) is 0 Å². The fourth-order valence-corrected chi connectivity index (χ4v) is 3.38. The SMILES string of the molecule is NCCN/C(=C1\C(=O)Nc2ccc(Br)cc21)c1ccc2[nH]c(=O)oc2c1. The Morgan fingerprint density at radius 2 is 2.04 bits per heavy atom. The van der Waals surface area contributed by atoms with Gasteiger partial charge in [0, 0.05) is 34.4 Å². The zero-order chi connectivity index (χ0) is 18.3. The number of H-pyrrole nitrogens is 1. The number of benzene rings is 2. The minimum absolute atomic E-state index is 0.201. The van der Waals surface area contributed by atoms with E-state index in [1.165, 1.54) is 0 Å². The minimum Gasteiger partial charge on any atom is -0.408 e. The second kappa shape index (κ2) is 6.47. The predicted molar refractivity (Wildman–Crippen MR) is 103 cm³/mol. The molecule has 1 aliphatic heterocycles. The normalized spacial score (nSPS) is 15.1. The zero-order valence-electron chi connectivity index (χ0n) is 13.6. The molecule has 26 heavy (non-hydrogen) atoms. The van der Waals surface area contributed by atoms with Crippen molar-refractivity contribution in [3.05, 3.63) is 62.5 Å². The van der Waals surface area contributed by atoms with Crippen LogP contribution in [0.15, 0.2) is 50.1 Å². The maximum absolute atomic E-state index is 12.7. The number of nitrogens with one attached hydrogen (secondary N) is 3. The Labute approximate surface area is 156 Å². The van der Waals surface area contributed by atoms with E-state index in [0.29, 0.717) is 35.5 Å². The molecule has 0 fully saturated rings. The molecule has 2 heterocycles. The van der Waals surface area contributed by atoms with Crippen LogP contribution in [0.3, 0.4) is 0 Å². The molecular weight excluding hydrogens is 400 g/mol. The number of carbonyl (C=O) groups excluding carboxylic acids is 1. The van der Waals surface area contributed by atoms with E-state index in [1.54, 1.807) is 12.1 Å². The Bertz CT molecular complexity index is 1110. The van der Waals surface area contributed by atoms with E-state index in [2.05, 4.69) is 31.5 Å². The van der Waals surface area contributed by atoms with Crippen molar-refractivity contribution in [2.45, 2.75) is 0 Å². The molecule has 132 valence electrons. The van der Waals surface area contributed by atoms with Gasteiger partial charge in [0.1, 0.15) is 0 Å². The van der Waals surface area contributed by atoms with Crippen molar-refractivity contribution < 1.29 is 9.21 Å². The maximum Gasteiger partial charge on any atom is 0.417 e. The molecule has 1 aromatic heterocycles. The summed E-state index contributed by atoms with van der Waals surface area (Å²) in [6.45, 7) is 0.899. The third kappa shape index (κ3) is 2.83. The molecule has 8 heteroatoms. The highest BCUT2D eigenvalue weighted by molar-refractivity contribution is 9.10. The quantitative estimate of drug-likeness (QED) is 0.489. The van der Waals surface area contributed by atoms with Crippen LogP contribution in [0.4, 0.5) is 5.69 Å². The number of hydrogen-bond acceptors (Lipinski definition) is 5. The van der Waals surface area contributed by atoms with Crippen molar-refractivity contribution in [3.63, 3.8) is 0 Å². The van der Waals surface area contributed by atoms with Gasteiger partial charge in [0.05, 0.1) is 16.8 Å². The van der Waals surface area contributed by atoms with Crippen LogP contribution in [0.5, 0.6) is 0 Å². The second-order valence-corrected chi connectivity index (χ2v) is 6.75. The average Bonchev–Trinajstić information content (AvgIpc) is 3.13. The highest BCUT2D eigenvalue weighted by atomic mass is 79.9. The number of oxazole rings is 1. The van der Waals surface area contributed by atoms with E-state index in [4.69, 9.17) is 10.2 Å². The number of halogens is 1. The summed E-state index contributed by atoms with van der Waals surface area (Å²) in [6.07, 6.45) is 0. The van der Waals surface area contributed by atoms with Gasteiger partial charge in [0.2, 0.25) is 0 Å². The number of hydrogen-bond donors (Lipinski definition) is 4. The average molecular weight is 415 g/mol. The highest BCUT2D eigenvalue weighted by Gasteiger charge is 2.28. The van der Waals surface area contributed by atoms with E-state index >= 15 is 0 Å². The molecular formula is C18H15BrN4O3. The van der Waals surface area contributed by atoms with Crippen LogP contribution in [0.25, 0.3) is 22.4 Å². The van der Waals surface area contributed by atoms with Crippen LogP contribution in [-0.2, 0) is 4.79 Å². The van der Waals surface area contributed by atoms with Crippen LogP contribution in [-0.4, -0.2) is 24.0 Å². The summed E-state index contributed by atoms with van der Waals surface area (Å²) in [5.41, 5.74) is 10.1. The van der Waals surface area contributed by atoms with Crippen molar-refractivity contribution in [1.29, 1.82) is 0 Å². The lowest BCUT2D eigenvalue weighted by Crippen LogP contribution is -2.23. The fourth-order valence-electron chi connectivity index (χ4n) is 3.02. The third-order valence-corrected chi connectivity index (χ3v) is 4.63. The van der Waals surface area contributed by atoms with Crippen LogP contribution in [0.1, 0.15) is 11.1 Å². The Hall–Kier alpha value is -2.84. The predicted octanol–water partition coefficient (Wildman–Crippen LogP) is 2.25. The van der Waals surface area contributed by atoms with E-state index in [1.807, 2.05) is 24.3 Å². The van der Waals surface area contributed by atoms with Gasteiger partial charge in [-0.15, -0.1) is 0 Å². The lowest BCUT2D eigenvalue weighted by Gasteiger charge is -2.14. The number of rotatable bonds is 4. The number of anilines is 1. The smallest absolute Gasteiger partial charge is 0.408 e. The van der Waals surface area contributed by atoms with E-state index in [0.717, 1.165) is 21.3 Å². The molecule has 2 aromatic carbocycles. The zero-order valence-corrected chi connectivity index (χ0v) is 15.1. The van der Waals surface area contributed by atoms with Gasteiger partial charge < -0.3 is 20.8 Å². The monoisotopic (exact) mass is 414 g/mol. The second-order valence-electron chi connectivity index (χ2n) is 5.83. The molecule has 1 aliphatic rings. The molecule has 5 N–H and O–H groups in total. The molecule has 0 saturated heterocycles. The van der Waals surface area contributed by atoms with Crippen LogP contribution >= 0.6 is 15.9 Å². The minimum atomic E-state index is -0.519. The van der Waals surface area contributed by atoms with E-state index in [-0.39, 0.29) is 5.91 Å². The van der Waals surface area contributed by atoms with Crippen molar-refractivity contribution in [1.82, 2.24) is 10.3 Å². The first-order chi connectivity index (χ1) is 12.6. The summed E-state index contributed by atoms with van der Waals surface area (Å²) in [6, 6.07) is 10.9. The van der Waals surface area contributed by atoms with Crippen LogP contribution in [0, 0.1) is 0 Å². The molecule has 0 bridgehead atoms. The largest absolute Gasteiger partial charge is 0.417 e. The molecule has 4 rings (SSSR count). The van der Waals surface area contributed by atoms with Gasteiger partial charge in [-0.25, -0.2) is 4.79 Å². The standard InChI is InChI=1S/C18H15BrN4O3/c19-10-2-4-12-11(8-10)15(17(24)22-12)16(21-6-5-20)9-1-3-13-14(7-9)26-18(25)23-13/h1-4,7-8,21H,5-6,20H2,(H,22,24)(H,23,25)/b16-15-. The van der Waals surface area contributed by atoms with Gasteiger partial charge in [-0.1, -0.05) is 22.0 Å². The van der Waals surface area contributed by atoms with Crippen LogP contribution in [0.2, 0.25) is 0 Å². The van der Waals surface area contributed by atoms with Crippen molar-refractivity contribution >= 4 is 49.9 Å². The number of amides is 1. The first-order valence-electron chi connectivity index (χ1n) is 7.99. The summed E-state index contributed by atoms with van der Waals surface area (Å²) < 4.78 is 6.02. The molecule has 3 aromatic rings. The molecule has 0 aliphatic carbocycles. The summed E-state index contributed by atoms with van der Waals surface area (Å²) in [7, 11) is 0. The first kappa shape index (κ1) is 16.6. The molecule has 0 atom stereocenters. The van der Waals surface area contributed by atoms with Gasteiger partial charge in [-0.05, 0) is 30.3 Å². The number of aromatic nitrogens is 1. The first-order valence-corrected chi connectivity index (χ1v) is 8.79. The molecule has 0 spiro atoms. The molecule has 0 saturated carbocycles. The number of nitrogens with two attached hydrogens (primary N) is 1. The van der Waals surface area contributed by atoms with Gasteiger partial charge in [-0.3, -0.25) is 9.78 Å². The highest BCUT2D eigenvalue weighted by Crippen LogP contribution is 2.37. The molecule has 7 nitrogen and oxygen atoms in total. The number of aromatic amines is 1. The summed E-state index contributed by atoms with van der Waals surface area (Å²) >= 11 is 3.45. The Kier molecular flexibility index (Phi) is 4.14. The Morgan fingerprint density at radius 1 is 1.19 bits per heavy atom. The lowest BCUT2D eigenvalue weighted by molar-refractivity contribution is -0.110. The van der Waals surface area contributed by atoms with E-state index < -0.39 is 5.76 Å². The summed E-state index contributed by atoms with van der Waals surface area (Å²) in [5.74, 6) is -0.720. The summed E-state index contributed by atoms with van der Waals surface area (Å²) in [5, 5.41) is 6.11. The fraction of sp³-hybridized carbons (Fsp3) is 0.111. The topological polar surface area (TPSA) is 113 Å². The molecule has 0 radical (unpaired) electrons. The van der Waals surface area contributed by atoms with Crippen LogP contribution < -0.4 is 22.1 Å². The van der Waals surface area contributed by atoms with Gasteiger partial charge >= 0.3 is 5.76 Å². The Morgan fingerprint density at radius 3 is 2.85 bits per heavy atom. The van der Waals surface area contributed by atoms with Gasteiger partial charge in [-0.2, -0.15) is 0 Å². The van der Waals surface area contributed by atoms with Gasteiger partial charge in [0.25, 0.3) is 5.91 Å². The van der Waals surface area contributed by atoms with E-state index in [9.17, 15) is 9.59 Å². The molecule has 1 amide bonds. The lowest BCUT2D eigenvalue weighted by atomic mass is 10.00.